The van der Waals surface area contributed by atoms with Crippen molar-refractivity contribution in [2.45, 2.75) is 65.3 Å². The summed E-state index contributed by atoms with van der Waals surface area (Å²) in [5.41, 5.74) is 3.56. The van der Waals surface area contributed by atoms with Crippen molar-refractivity contribution >= 4 is 16.8 Å². The zero-order chi connectivity index (χ0) is 26.2. The molecule has 0 radical (unpaired) electrons. The fraction of sp³-hybridized carbons (Fsp3) is 0.344. The number of para-hydroxylation sites is 1. The first-order valence-electron chi connectivity index (χ1n) is 13.5. The van der Waals surface area contributed by atoms with Crippen LogP contribution in [0.2, 0.25) is 0 Å². The van der Waals surface area contributed by atoms with Crippen LogP contribution in [0, 0.1) is 6.92 Å². The van der Waals surface area contributed by atoms with Gasteiger partial charge in [-0.05, 0) is 61.6 Å². The average molecular weight is 496 g/mol. The molecule has 5 nitrogen and oxygen atoms in total. The van der Waals surface area contributed by atoms with E-state index in [1.54, 1.807) is 4.57 Å². The van der Waals surface area contributed by atoms with Crippen molar-refractivity contribution in [3.05, 3.63) is 106 Å². The molecular weight excluding hydrogens is 458 g/mol. The van der Waals surface area contributed by atoms with Gasteiger partial charge in [-0.2, -0.15) is 0 Å². The smallest absolute Gasteiger partial charge is 0.266 e. The van der Waals surface area contributed by atoms with Crippen LogP contribution in [0.4, 0.5) is 0 Å². The van der Waals surface area contributed by atoms with Gasteiger partial charge in [0.05, 0.1) is 22.6 Å². The SMILES string of the molecule is CCCCCN(C(=O)CCc1ccccc1)C(CC)c1nc2ccccc2c(=O)n1-c1cccc(C)c1. The highest BCUT2D eigenvalue weighted by molar-refractivity contribution is 5.79. The summed E-state index contributed by atoms with van der Waals surface area (Å²) in [5.74, 6) is 0.728. The molecule has 0 saturated heterocycles. The molecule has 0 bridgehead atoms. The topological polar surface area (TPSA) is 55.2 Å². The molecule has 0 aliphatic heterocycles. The predicted octanol–water partition coefficient (Wildman–Crippen LogP) is 6.80. The van der Waals surface area contributed by atoms with Crippen LogP contribution in [0.5, 0.6) is 0 Å². The minimum atomic E-state index is -0.307. The van der Waals surface area contributed by atoms with Gasteiger partial charge in [-0.25, -0.2) is 4.98 Å². The number of carbonyl (C=O) groups excluding carboxylic acids is 1. The fourth-order valence-electron chi connectivity index (χ4n) is 4.96. The number of fused-ring (bicyclic) bond motifs is 1. The summed E-state index contributed by atoms with van der Waals surface area (Å²) in [5, 5.41) is 0.579. The summed E-state index contributed by atoms with van der Waals surface area (Å²) in [6.07, 6.45) is 4.83. The first-order chi connectivity index (χ1) is 18.0. The van der Waals surface area contributed by atoms with E-state index in [0.29, 0.717) is 42.5 Å². The van der Waals surface area contributed by atoms with Crippen molar-refractivity contribution in [1.29, 1.82) is 0 Å². The van der Waals surface area contributed by atoms with Gasteiger partial charge in [0.15, 0.2) is 0 Å². The van der Waals surface area contributed by atoms with Gasteiger partial charge in [0, 0.05) is 13.0 Å². The lowest BCUT2D eigenvalue weighted by atomic mass is 10.1. The molecule has 0 N–H and O–H groups in total. The summed E-state index contributed by atoms with van der Waals surface area (Å²) in [6.45, 7) is 6.91. The molecule has 1 atom stereocenters. The number of rotatable bonds is 11. The Morgan fingerprint density at radius 1 is 0.946 bits per heavy atom. The maximum Gasteiger partial charge on any atom is 0.266 e. The van der Waals surface area contributed by atoms with Gasteiger partial charge in [0.2, 0.25) is 5.91 Å². The third-order valence-corrected chi connectivity index (χ3v) is 6.92. The van der Waals surface area contributed by atoms with Crippen LogP contribution < -0.4 is 5.56 Å². The molecule has 1 aromatic heterocycles. The molecule has 37 heavy (non-hydrogen) atoms. The number of carbonyl (C=O) groups is 1. The molecule has 0 saturated carbocycles. The normalized spacial score (nSPS) is 12.0. The minimum Gasteiger partial charge on any atom is -0.332 e. The summed E-state index contributed by atoms with van der Waals surface area (Å²) < 4.78 is 1.72. The standard InChI is InChI=1S/C32H37N3O2/c1-4-6-12-22-34(30(36)21-20-25-15-8-7-9-16-25)29(5-2)31-33-28-19-11-10-18-27(28)32(37)35(31)26-17-13-14-24(3)23-26/h7-11,13-19,23,29H,4-6,12,20-22H2,1-3H3. The molecule has 1 amide bonds. The van der Waals surface area contributed by atoms with Crippen molar-refractivity contribution in [2.24, 2.45) is 0 Å². The van der Waals surface area contributed by atoms with Gasteiger partial charge in [-0.15, -0.1) is 0 Å². The van der Waals surface area contributed by atoms with E-state index in [4.69, 9.17) is 4.98 Å². The molecule has 1 unspecified atom stereocenters. The Bertz CT molecular complexity index is 1390. The molecule has 0 aliphatic carbocycles. The third kappa shape index (κ3) is 6.16. The van der Waals surface area contributed by atoms with E-state index in [-0.39, 0.29) is 17.5 Å². The number of benzene rings is 3. The number of aryl methyl sites for hydroxylation is 2. The molecule has 192 valence electrons. The molecule has 0 spiro atoms. The van der Waals surface area contributed by atoms with Crippen LogP contribution in [0.1, 0.15) is 68.9 Å². The van der Waals surface area contributed by atoms with E-state index in [1.807, 2.05) is 78.6 Å². The first kappa shape index (κ1) is 26.3. The van der Waals surface area contributed by atoms with Crippen molar-refractivity contribution < 1.29 is 4.79 Å². The van der Waals surface area contributed by atoms with Crippen molar-refractivity contribution in [1.82, 2.24) is 14.5 Å². The Balaban J connectivity index is 1.80. The van der Waals surface area contributed by atoms with Gasteiger partial charge in [-0.3, -0.25) is 14.2 Å². The predicted molar refractivity (Wildman–Crippen MR) is 151 cm³/mol. The Morgan fingerprint density at radius 2 is 1.70 bits per heavy atom. The van der Waals surface area contributed by atoms with Gasteiger partial charge < -0.3 is 4.90 Å². The lowest BCUT2D eigenvalue weighted by molar-refractivity contribution is -0.134. The van der Waals surface area contributed by atoms with Gasteiger partial charge >= 0.3 is 0 Å². The number of unbranched alkanes of at least 4 members (excludes halogenated alkanes) is 2. The zero-order valence-corrected chi connectivity index (χ0v) is 22.2. The van der Waals surface area contributed by atoms with Gasteiger partial charge in [0.25, 0.3) is 5.56 Å². The van der Waals surface area contributed by atoms with E-state index in [0.717, 1.165) is 36.1 Å². The Hall–Kier alpha value is -3.73. The molecular formula is C32H37N3O2. The van der Waals surface area contributed by atoms with Crippen LogP contribution in [0.25, 0.3) is 16.6 Å². The summed E-state index contributed by atoms with van der Waals surface area (Å²) in [4.78, 5) is 34.6. The molecule has 0 fully saturated rings. The van der Waals surface area contributed by atoms with E-state index < -0.39 is 0 Å². The Labute approximate surface area is 219 Å². The highest BCUT2D eigenvalue weighted by atomic mass is 16.2. The van der Waals surface area contributed by atoms with Crippen LogP contribution >= 0.6 is 0 Å². The maximum absolute atomic E-state index is 13.9. The van der Waals surface area contributed by atoms with Gasteiger partial charge in [0.1, 0.15) is 5.82 Å². The molecule has 0 aliphatic rings. The monoisotopic (exact) mass is 495 g/mol. The van der Waals surface area contributed by atoms with Crippen molar-refractivity contribution in [3.8, 4) is 5.69 Å². The second-order valence-corrected chi connectivity index (χ2v) is 9.67. The summed E-state index contributed by atoms with van der Waals surface area (Å²) in [6, 6.07) is 25.2. The first-order valence-corrected chi connectivity index (χ1v) is 13.5. The van der Waals surface area contributed by atoms with Crippen LogP contribution in [0.15, 0.2) is 83.7 Å². The van der Waals surface area contributed by atoms with Crippen molar-refractivity contribution in [2.75, 3.05) is 6.54 Å². The largest absolute Gasteiger partial charge is 0.332 e. The second-order valence-electron chi connectivity index (χ2n) is 9.67. The maximum atomic E-state index is 13.9. The van der Waals surface area contributed by atoms with Crippen molar-refractivity contribution in [3.63, 3.8) is 0 Å². The molecule has 1 heterocycles. The van der Waals surface area contributed by atoms with E-state index in [2.05, 4.69) is 26.0 Å². The number of nitrogens with zero attached hydrogens (tertiary/aromatic N) is 3. The fourth-order valence-corrected chi connectivity index (χ4v) is 4.96. The minimum absolute atomic E-state index is 0.102. The third-order valence-electron chi connectivity index (χ3n) is 6.92. The Morgan fingerprint density at radius 3 is 2.43 bits per heavy atom. The van der Waals surface area contributed by atoms with Crippen LogP contribution in [0.3, 0.4) is 0 Å². The molecule has 4 aromatic rings. The van der Waals surface area contributed by atoms with E-state index >= 15 is 0 Å². The van der Waals surface area contributed by atoms with Crippen LogP contribution in [-0.4, -0.2) is 26.9 Å². The molecule has 3 aromatic carbocycles. The molecule has 5 heteroatoms. The lowest BCUT2D eigenvalue weighted by Crippen LogP contribution is -2.39. The number of aromatic nitrogens is 2. The Kier molecular flexibility index (Phi) is 8.89. The highest BCUT2D eigenvalue weighted by Crippen LogP contribution is 2.27. The number of amides is 1. The lowest BCUT2D eigenvalue weighted by Gasteiger charge is -2.32. The van der Waals surface area contributed by atoms with E-state index in [9.17, 15) is 9.59 Å². The second kappa shape index (κ2) is 12.5. The number of hydrogen-bond acceptors (Lipinski definition) is 3. The summed E-state index contributed by atoms with van der Waals surface area (Å²) >= 11 is 0. The van der Waals surface area contributed by atoms with E-state index in [1.165, 1.54) is 0 Å². The average Bonchev–Trinajstić information content (AvgIpc) is 2.92. The zero-order valence-electron chi connectivity index (χ0n) is 22.2. The summed E-state index contributed by atoms with van der Waals surface area (Å²) in [7, 11) is 0. The molecule has 4 rings (SSSR count). The number of hydrogen-bond donors (Lipinski definition) is 0. The van der Waals surface area contributed by atoms with Gasteiger partial charge in [-0.1, -0.05) is 81.3 Å². The highest BCUT2D eigenvalue weighted by Gasteiger charge is 2.28. The quantitative estimate of drug-likeness (QED) is 0.215. The van der Waals surface area contributed by atoms with Crippen LogP contribution in [-0.2, 0) is 11.2 Å².